The number of fused-ring (bicyclic) bond motifs is 2. The number of quaternary nitrogens is 1. The minimum Gasteiger partial charge on any atom is -0.331 e. The molecule has 4 rings (SSSR count). The van der Waals surface area contributed by atoms with Crippen molar-refractivity contribution in [1.82, 2.24) is 4.90 Å². The van der Waals surface area contributed by atoms with E-state index in [1.54, 1.807) is 0 Å². The molecule has 0 spiro atoms. The number of anilines is 1. The Bertz CT molecular complexity index is 712. The van der Waals surface area contributed by atoms with Crippen molar-refractivity contribution >= 4 is 17.5 Å². The lowest BCUT2D eigenvalue weighted by molar-refractivity contribution is -0.895. The third kappa shape index (κ3) is 4.40. The molecular weight excluding hydrogens is 350 g/mol. The summed E-state index contributed by atoms with van der Waals surface area (Å²) in [5, 5.41) is 3.07. The summed E-state index contributed by atoms with van der Waals surface area (Å²) < 4.78 is 0. The lowest BCUT2D eigenvalue weighted by Crippen LogP contribution is -3.15. The summed E-state index contributed by atoms with van der Waals surface area (Å²) in [6, 6.07) is 8.00. The molecule has 0 unspecified atom stereocenters. The molecule has 1 aromatic carbocycles. The molecule has 2 aliphatic carbocycles. The molecule has 3 atom stereocenters. The molecular formula is C23H34N3O2+. The van der Waals surface area contributed by atoms with Crippen molar-refractivity contribution in [3.63, 3.8) is 0 Å². The average Bonchev–Trinajstić information content (AvgIpc) is 3.32. The first-order valence-electron chi connectivity index (χ1n) is 11.1. The molecule has 2 saturated carbocycles. The molecule has 2 amide bonds. The Morgan fingerprint density at radius 3 is 2.61 bits per heavy atom. The van der Waals surface area contributed by atoms with Crippen LogP contribution in [0.3, 0.4) is 0 Å². The Labute approximate surface area is 168 Å². The van der Waals surface area contributed by atoms with Crippen molar-refractivity contribution in [2.24, 2.45) is 17.8 Å². The molecule has 1 aliphatic heterocycles. The quantitative estimate of drug-likeness (QED) is 0.785. The highest BCUT2D eigenvalue weighted by Gasteiger charge is 2.41. The van der Waals surface area contributed by atoms with Crippen molar-refractivity contribution in [3.8, 4) is 0 Å². The van der Waals surface area contributed by atoms with Crippen LogP contribution in [0.1, 0.15) is 44.6 Å². The van der Waals surface area contributed by atoms with E-state index in [9.17, 15) is 9.59 Å². The van der Waals surface area contributed by atoms with Crippen molar-refractivity contribution in [2.45, 2.75) is 45.4 Å². The molecule has 1 heterocycles. The molecule has 5 heteroatoms. The zero-order valence-corrected chi connectivity index (χ0v) is 17.1. The van der Waals surface area contributed by atoms with Crippen LogP contribution in [-0.2, 0) is 16.0 Å². The van der Waals surface area contributed by atoms with Gasteiger partial charge in [0.15, 0.2) is 6.54 Å². The normalized spacial score (nSPS) is 27.2. The monoisotopic (exact) mass is 384 g/mol. The van der Waals surface area contributed by atoms with Crippen LogP contribution < -0.4 is 10.2 Å². The fourth-order valence-corrected chi connectivity index (χ4v) is 5.60. The van der Waals surface area contributed by atoms with Crippen LogP contribution in [0.2, 0.25) is 0 Å². The Morgan fingerprint density at radius 1 is 1.14 bits per heavy atom. The standard InChI is InChI=1S/C23H33N3O2/c1-2-18-5-3-4-6-21(18)24-22(27)16-25-9-11-26(12-10-25)23(28)15-20-14-17-7-8-19(20)13-17/h3-6,17,19-20H,2,7-16H2,1H3,(H,24,27)/p+1/t17-,19-,20+/m1/s1. The van der Waals surface area contributed by atoms with Crippen LogP contribution in [0.5, 0.6) is 0 Å². The molecule has 2 bridgehead atoms. The summed E-state index contributed by atoms with van der Waals surface area (Å²) >= 11 is 0. The lowest BCUT2D eigenvalue weighted by atomic mass is 9.86. The van der Waals surface area contributed by atoms with E-state index in [1.165, 1.54) is 36.1 Å². The second-order valence-electron chi connectivity index (χ2n) is 9.01. The largest absolute Gasteiger partial charge is 0.331 e. The molecule has 0 radical (unpaired) electrons. The van der Waals surface area contributed by atoms with Crippen molar-refractivity contribution in [1.29, 1.82) is 0 Å². The number of carbonyl (C=O) groups excluding carboxylic acids is 2. The number of aryl methyl sites for hydroxylation is 1. The van der Waals surface area contributed by atoms with Gasteiger partial charge in [-0.05, 0) is 55.1 Å². The van der Waals surface area contributed by atoms with Gasteiger partial charge in [-0.2, -0.15) is 0 Å². The van der Waals surface area contributed by atoms with E-state index in [4.69, 9.17) is 0 Å². The fourth-order valence-electron chi connectivity index (χ4n) is 5.60. The molecule has 152 valence electrons. The van der Waals surface area contributed by atoms with Crippen molar-refractivity contribution in [2.75, 3.05) is 38.0 Å². The number of carbonyl (C=O) groups is 2. The number of rotatable bonds is 6. The number of piperazine rings is 1. The minimum atomic E-state index is 0.0673. The Hall–Kier alpha value is -1.88. The van der Waals surface area contributed by atoms with Crippen LogP contribution in [0, 0.1) is 17.8 Å². The predicted octanol–water partition coefficient (Wildman–Crippen LogP) is 1.74. The number of amides is 2. The van der Waals surface area contributed by atoms with Crippen LogP contribution >= 0.6 is 0 Å². The molecule has 2 N–H and O–H groups in total. The number of nitrogens with one attached hydrogen (secondary N) is 2. The average molecular weight is 385 g/mol. The van der Waals surface area contributed by atoms with Crippen molar-refractivity contribution in [3.05, 3.63) is 29.8 Å². The number of hydrogen-bond acceptors (Lipinski definition) is 2. The van der Waals surface area contributed by atoms with Crippen LogP contribution in [0.4, 0.5) is 5.69 Å². The molecule has 3 fully saturated rings. The Balaban J connectivity index is 1.20. The fraction of sp³-hybridized carbons (Fsp3) is 0.652. The third-order valence-electron chi connectivity index (χ3n) is 7.23. The van der Waals surface area contributed by atoms with Gasteiger partial charge in [0, 0.05) is 12.1 Å². The highest BCUT2D eigenvalue weighted by Crippen LogP contribution is 2.49. The van der Waals surface area contributed by atoms with E-state index in [-0.39, 0.29) is 5.91 Å². The second kappa shape index (κ2) is 8.64. The molecule has 1 aromatic rings. The van der Waals surface area contributed by atoms with Gasteiger partial charge in [0.1, 0.15) is 0 Å². The van der Waals surface area contributed by atoms with E-state index in [2.05, 4.69) is 18.3 Å². The molecule has 1 saturated heterocycles. The maximum Gasteiger partial charge on any atom is 0.279 e. The summed E-state index contributed by atoms with van der Waals surface area (Å²) in [5.41, 5.74) is 2.09. The number of hydrogen-bond donors (Lipinski definition) is 2. The maximum absolute atomic E-state index is 12.7. The SMILES string of the molecule is CCc1ccccc1NC(=O)C[NH+]1CCN(C(=O)C[C@@H]2C[C@@H]3CC[C@@H]2C3)CC1. The Morgan fingerprint density at radius 2 is 1.93 bits per heavy atom. The van der Waals surface area contributed by atoms with Gasteiger partial charge in [-0.1, -0.05) is 31.5 Å². The summed E-state index contributed by atoms with van der Waals surface area (Å²) in [7, 11) is 0. The van der Waals surface area contributed by atoms with Gasteiger partial charge >= 0.3 is 0 Å². The first-order valence-corrected chi connectivity index (χ1v) is 11.1. The summed E-state index contributed by atoms with van der Waals surface area (Å²) in [6.45, 7) is 5.88. The van der Waals surface area contributed by atoms with Gasteiger partial charge in [0.2, 0.25) is 5.91 Å². The van der Waals surface area contributed by atoms with E-state index < -0.39 is 0 Å². The molecule has 3 aliphatic rings. The number of nitrogens with zero attached hydrogens (tertiary/aromatic N) is 1. The van der Waals surface area contributed by atoms with E-state index in [1.807, 2.05) is 23.1 Å². The minimum absolute atomic E-state index is 0.0673. The highest BCUT2D eigenvalue weighted by atomic mass is 16.2. The topological polar surface area (TPSA) is 53.9 Å². The van der Waals surface area contributed by atoms with Gasteiger partial charge < -0.3 is 15.1 Å². The van der Waals surface area contributed by atoms with Crippen LogP contribution in [-0.4, -0.2) is 49.4 Å². The van der Waals surface area contributed by atoms with E-state index >= 15 is 0 Å². The lowest BCUT2D eigenvalue weighted by Gasteiger charge is -2.33. The highest BCUT2D eigenvalue weighted by molar-refractivity contribution is 5.92. The van der Waals surface area contributed by atoms with E-state index in [0.717, 1.165) is 56.5 Å². The van der Waals surface area contributed by atoms with Gasteiger partial charge in [0.25, 0.3) is 5.91 Å². The number of benzene rings is 1. The maximum atomic E-state index is 12.7. The van der Waals surface area contributed by atoms with Gasteiger partial charge in [-0.3, -0.25) is 9.59 Å². The van der Waals surface area contributed by atoms with Crippen LogP contribution in [0.25, 0.3) is 0 Å². The third-order valence-corrected chi connectivity index (χ3v) is 7.23. The zero-order valence-electron chi connectivity index (χ0n) is 17.1. The number of para-hydroxylation sites is 1. The first-order chi connectivity index (χ1) is 13.6. The van der Waals surface area contributed by atoms with Crippen molar-refractivity contribution < 1.29 is 14.5 Å². The zero-order chi connectivity index (χ0) is 19.5. The summed E-state index contributed by atoms with van der Waals surface area (Å²) in [6.07, 6.45) is 7.05. The molecule has 0 aromatic heterocycles. The smallest absolute Gasteiger partial charge is 0.279 e. The molecule has 5 nitrogen and oxygen atoms in total. The summed E-state index contributed by atoms with van der Waals surface area (Å²) in [4.78, 5) is 28.5. The van der Waals surface area contributed by atoms with Crippen LogP contribution in [0.15, 0.2) is 24.3 Å². The first kappa shape index (κ1) is 19.4. The summed E-state index contributed by atoms with van der Waals surface area (Å²) in [5.74, 6) is 2.77. The van der Waals surface area contributed by atoms with Gasteiger partial charge in [-0.15, -0.1) is 0 Å². The van der Waals surface area contributed by atoms with E-state index in [0.29, 0.717) is 18.4 Å². The molecule has 28 heavy (non-hydrogen) atoms. The van der Waals surface area contributed by atoms with Gasteiger partial charge in [-0.25, -0.2) is 0 Å². The second-order valence-corrected chi connectivity index (χ2v) is 9.01. The van der Waals surface area contributed by atoms with Gasteiger partial charge in [0.05, 0.1) is 26.2 Å². The predicted molar refractivity (Wildman–Crippen MR) is 110 cm³/mol. The Kier molecular flexibility index (Phi) is 6.00.